The summed E-state index contributed by atoms with van der Waals surface area (Å²) >= 11 is 0. The molecule has 32 heavy (non-hydrogen) atoms. The van der Waals surface area contributed by atoms with Crippen LogP contribution < -0.4 is 14.8 Å². The number of rotatable bonds is 8. The number of piperidine rings is 1. The van der Waals surface area contributed by atoms with Gasteiger partial charge in [-0.1, -0.05) is 0 Å². The number of pyridine rings is 1. The quantitative estimate of drug-likeness (QED) is 0.609. The van der Waals surface area contributed by atoms with Crippen molar-refractivity contribution in [3.63, 3.8) is 0 Å². The first-order valence-corrected chi connectivity index (χ1v) is 11.1. The first-order valence-electron chi connectivity index (χ1n) is 11.1. The summed E-state index contributed by atoms with van der Waals surface area (Å²) in [7, 11) is 1.62. The molecule has 8 nitrogen and oxygen atoms in total. The summed E-state index contributed by atoms with van der Waals surface area (Å²) in [6, 6.07) is 5.68. The normalized spacial score (nSPS) is 14.8. The van der Waals surface area contributed by atoms with Crippen LogP contribution in [0.4, 0.5) is 10.5 Å². The number of hydrogen-bond donors (Lipinski definition) is 1. The van der Waals surface area contributed by atoms with Crippen LogP contribution in [0.2, 0.25) is 0 Å². The smallest absolute Gasteiger partial charge is 0.410 e. The average Bonchev–Trinajstić information content (AvgIpc) is 2.77. The summed E-state index contributed by atoms with van der Waals surface area (Å²) in [5, 5.41) is 4.37. The third-order valence-corrected chi connectivity index (χ3v) is 5.47. The number of nitrogens with zero attached hydrogens (tertiary/aromatic N) is 2. The van der Waals surface area contributed by atoms with Crippen LogP contribution in [0.3, 0.4) is 0 Å². The molecule has 8 heteroatoms. The Bertz CT molecular complexity index is 933. The van der Waals surface area contributed by atoms with Crippen molar-refractivity contribution in [2.24, 2.45) is 5.92 Å². The maximum absolute atomic E-state index is 12.3. The van der Waals surface area contributed by atoms with Gasteiger partial charge in [-0.05, 0) is 64.2 Å². The van der Waals surface area contributed by atoms with Crippen molar-refractivity contribution < 1.29 is 23.8 Å². The van der Waals surface area contributed by atoms with Crippen LogP contribution in [-0.4, -0.2) is 61.2 Å². The molecule has 0 spiro atoms. The largest absolute Gasteiger partial charge is 0.497 e. The van der Waals surface area contributed by atoms with E-state index in [1.54, 1.807) is 18.2 Å². The molecule has 1 amide bonds. The van der Waals surface area contributed by atoms with E-state index in [1.807, 2.05) is 39.0 Å². The number of carbonyl (C=O) groups excluding carboxylic acids is 2. The number of fused-ring (bicyclic) bond motifs is 1. The number of ether oxygens (including phenoxy) is 3. The van der Waals surface area contributed by atoms with Crippen molar-refractivity contribution in [2.45, 2.75) is 45.6 Å². The molecule has 174 valence electrons. The number of benzene rings is 1. The fraction of sp³-hybridized carbons (Fsp3) is 0.542. The number of methoxy groups -OCH3 is 1. The lowest BCUT2D eigenvalue weighted by Gasteiger charge is -2.33. The van der Waals surface area contributed by atoms with E-state index in [1.165, 1.54) is 0 Å². The number of anilines is 1. The van der Waals surface area contributed by atoms with E-state index >= 15 is 0 Å². The van der Waals surface area contributed by atoms with Gasteiger partial charge in [-0.25, -0.2) is 4.79 Å². The molecule has 1 aliphatic rings. The Morgan fingerprint density at radius 2 is 2.03 bits per heavy atom. The number of amides is 1. The molecule has 1 saturated heterocycles. The Morgan fingerprint density at radius 1 is 1.28 bits per heavy atom. The SMILES string of the molecule is COc1ccc2ncc(OCC=O)c(NCCC3CCN(C(=O)OC(C)(C)C)CC3)c2c1. The molecule has 2 heterocycles. The van der Waals surface area contributed by atoms with Gasteiger partial charge in [0.15, 0.2) is 12.0 Å². The van der Waals surface area contributed by atoms with E-state index in [-0.39, 0.29) is 12.7 Å². The molecule has 1 aromatic carbocycles. The van der Waals surface area contributed by atoms with E-state index in [4.69, 9.17) is 14.2 Å². The van der Waals surface area contributed by atoms with E-state index < -0.39 is 5.60 Å². The number of hydrogen-bond acceptors (Lipinski definition) is 7. The van der Waals surface area contributed by atoms with Gasteiger partial charge in [0.2, 0.25) is 0 Å². The monoisotopic (exact) mass is 443 g/mol. The molecule has 1 N–H and O–H groups in total. The standard InChI is InChI=1S/C24H33N3O5/c1-24(2,3)32-23(29)27-11-8-17(9-12-27)7-10-25-22-19-15-18(30-4)5-6-20(19)26-16-21(22)31-14-13-28/h5-6,13,15-17H,7-12,14H2,1-4H3,(H,25,26). The molecular formula is C24H33N3O5. The topological polar surface area (TPSA) is 90.0 Å². The minimum absolute atomic E-state index is 0.0328. The van der Waals surface area contributed by atoms with Crippen LogP contribution in [0.25, 0.3) is 10.9 Å². The number of nitrogens with one attached hydrogen (secondary N) is 1. The molecule has 1 aliphatic heterocycles. The van der Waals surface area contributed by atoms with E-state index in [0.29, 0.717) is 24.8 Å². The van der Waals surface area contributed by atoms with Gasteiger partial charge in [0.1, 0.15) is 18.0 Å². The minimum Gasteiger partial charge on any atom is -0.497 e. The summed E-state index contributed by atoms with van der Waals surface area (Å²) in [6.07, 6.45) is 4.98. The van der Waals surface area contributed by atoms with Crippen LogP contribution in [0, 0.1) is 5.92 Å². The lowest BCUT2D eigenvalue weighted by atomic mass is 9.93. The molecule has 1 aromatic heterocycles. The summed E-state index contributed by atoms with van der Waals surface area (Å²) < 4.78 is 16.4. The summed E-state index contributed by atoms with van der Waals surface area (Å²) in [5.41, 5.74) is 1.15. The first kappa shape index (κ1) is 23.6. The number of aldehydes is 1. The van der Waals surface area contributed by atoms with Gasteiger partial charge in [-0.2, -0.15) is 0 Å². The molecule has 0 radical (unpaired) electrons. The predicted octanol–water partition coefficient (Wildman–Crippen LogP) is 4.27. The Morgan fingerprint density at radius 3 is 2.69 bits per heavy atom. The maximum Gasteiger partial charge on any atom is 0.410 e. The van der Waals surface area contributed by atoms with E-state index in [9.17, 15) is 9.59 Å². The molecule has 0 bridgehead atoms. The maximum atomic E-state index is 12.3. The second-order valence-corrected chi connectivity index (χ2v) is 8.98. The predicted molar refractivity (Wildman–Crippen MR) is 123 cm³/mol. The molecular weight excluding hydrogens is 410 g/mol. The van der Waals surface area contributed by atoms with Gasteiger partial charge in [0.25, 0.3) is 0 Å². The molecule has 0 atom stereocenters. The zero-order valence-corrected chi connectivity index (χ0v) is 19.3. The van der Waals surface area contributed by atoms with Gasteiger partial charge in [-0.3, -0.25) is 9.78 Å². The molecule has 0 saturated carbocycles. The highest BCUT2D eigenvalue weighted by atomic mass is 16.6. The fourth-order valence-electron chi connectivity index (χ4n) is 3.83. The van der Waals surface area contributed by atoms with E-state index in [0.717, 1.165) is 54.4 Å². The van der Waals surface area contributed by atoms with Crippen molar-refractivity contribution in [3.05, 3.63) is 24.4 Å². The highest BCUT2D eigenvalue weighted by molar-refractivity contribution is 5.95. The molecule has 0 aliphatic carbocycles. The van der Waals surface area contributed by atoms with Gasteiger partial charge in [0, 0.05) is 25.0 Å². The zero-order chi connectivity index (χ0) is 23.1. The summed E-state index contributed by atoms with van der Waals surface area (Å²) in [4.78, 5) is 29.3. The Balaban J connectivity index is 1.61. The number of aromatic nitrogens is 1. The average molecular weight is 444 g/mol. The van der Waals surface area contributed by atoms with Gasteiger partial charge in [-0.15, -0.1) is 0 Å². The van der Waals surface area contributed by atoms with Gasteiger partial charge >= 0.3 is 6.09 Å². The van der Waals surface area contributed by atoms with E-state index in [2.05, 4.69) is 10.3 Å². The van der Waals surface area contributed by atoms with Crippen molar-refractivity contribution in [2.75, 3.05) is 38.7 Å². The van der Waals surface area contributed by atoms with Crippen LogP contribution in [0.1, 0.15) is 40.0 Å². The lowest BCUT2D eigenvalue weighted by Crippen LogP contribution is -2.41. The first-order chi connectivity index (χ1) is 15.3. The second-order valence-electron chi connectivity index (χ2n) is 8.98. The Kier molecular flexibility index (Phi) is 7.77. The minimum atomic E-state index is -0.475. The molecule has 1 fully saturated rings. The molecule has 3 rings (SSSR count). The zero-order valence-electron chi connectivity index (χ0n) is 19.3. The van der Waals surface area contributed by atoms with Crippen molar-refractivity contribution in [1.82, 2.24) is 9.88 Å². The Hall–Kier alpha value is -3.03. The van der Waals surface area contributed by atoms with Crippen molar-refractivity contribution >= 4 is 29.0 Å². The summed E-state index contributed by atoms with van der Waals surface area (Å²) in [6.45, 7) is 7.78. The van der Waals surface area contributed by atoms with Crippen molar-refractivity contribution in [3.8, 4) is 11.5 Å². The third-order valence-electron chi connectivity index (χ3n) is 5.47. The lowest BCUT2D eigenvalue weighted by molar-refractivity contribution is -0.109. The van der Waals surface area contributed by atoms with Crippen LogP contribution in [0.15, 0.2) is 24.4 Å². The van der Waals surface area contributed by atoms with Crippen LogP contribution >= 0.6 is 0 Å². The second kappa shape index (κ2) is 10.5. The van der Waals surface area contributed by atoms with Gasteiger partial charge < -0.3 is 24.4 Å². The van der Waals surface area contributed by atoms with Gasteiger partial charge in [0.05, 0.1) is 24.5 Å². The fourth-order valence-corrected chi connectivity index (χ4v) is 3.83. The number of likely N-dealkylation sites (tertiary alicyclic amines) is 1. The third kappa shape index (κ3) is 6.24. The van der Waals surface area contributed by atoms with Crippen LogP contribution in [-0.2, 0) is 9.53 Å². The van der Waals surface area contributed by atoms with Crippen molar-refractivity contribution in [1.29, 1.82) is 0 Å². The molecule has 0 unspecified atom stereocenters. The highest BCUT2D eigenvalue weighted by Crippen LogP contribution is 2.34. The number of carbonyl (C=O) groups is 2. The molecule has 2 aromatic rings. The van der Waals surface area contributed by atoms with Crippen LogP contribution in [0.5, 0.6) is 11.5 Å². The highest BCUT2D eigenvalue weighted by Gasteiger charge is 2.26. The summed E-state index contributed by atoms with van der Waals surface area (Å²) in [5.74, 6) is 1.78. The Labute approximate surface area is 189 Å².